The highest BCUT2D eigenvalue weighted by Gasteiger charge is 2.36. The number of nitrogens with zero attached hydrogens (tertiary/aromatic N) is 2. The van der Waals surface area contributed by atoms with Gasteiger partial charge in [-0.15, -0.1) is 0 Å². The zero-order chi connectivity index (χ0) is 29.4. The van der Waals surface area contributed by atoms with Crippen molar-refractivity contribution < 1.29 is 26.4 Å². The second-order valence-corrected chi connectivity index (χ2v) is 11.9. The molecule has 0 radical (unpaired) electrons. The molecule has 8 nitrogen and oxygen atoms in total. The number of hydrogen-bond acceptors (Lipinski definition) is 6. The number of anilines is 1. The van der Waals surface area contributed by atoms with Crippen LogP contribution in [0.25, 0.3) is 5.69 Å². The van der Waals surface area contributed by atoms with E-state index in [1.807, 2.05) is 0 Å². The molecule has 0 spiro atoms. The Bertz CT molecular complexity index is 1700. The van der Waals surface area contributed by atoms with Crippen LogP contribution in [-0.4, -0.2) is 36.4 Å². The monoisotopic (exact) mass is 583 g/mol. The van der Waals surface area contributed by atoms with Gasteiger partial charge in [-0.25, -0.2) is 13.1 Å². The van der Waals surface area contributed by atoms with Gasteiger partial charge >= 0.3 is 6.18 Å². The minimum Gasteiger partial charge on any atom is -0.326 e. The zero-order valence-electron chi connectivity index (χ0n) is 22.0. The standard InChI is InChI=1S/C29H28F3N5O3S/c1-41(39,40)25-11-3-2-10-23(25)27(34-20-12-13-20)19-7-5-8-21(15-19)35-28(38)24-16-26(29(30,31)32)36-37(24)22-9-4-6-18(14-22)17-33/h2-11,14-16,20,27,34H,12-13,17,33H2,1H3,(H,35,38). The van der Waals surface area contributed by atoms with Crippen LogP contribution in [0.15, 0.2) is 83.8 Å². The molecule has 1 aromatic heterocycles. The molecule has 1 unspecified atom stereocenters. The van der Waals surface area contributed by atoms with E-state index in [0.29, 0.717) is 28.4 Å². The molecule has 3 aromatic carbocycles. The lowest BCUT2D eigenvalue weighted by Crippen LogP contribution is -2.26. The van der Waals surface area contributed by atoms with Crippen molar-refractivity contribution in [3.05, 3.63) is 107 Å². The minimum absolute atomic E-state index is 0.161. The molecule has 0 bridgehead atoms. The number of carbonyl (C=O) groups is 1. The Morgan fingerprint density at radius 3 is 2.46 bits per heavy atom. The maximum atomic E-state index is 13.6. The fourth-order valence-electron chi connectivity index (χ4n) is 4.59. The summed E-state index contributed by atoms with van der Waals surface area (Å²) in [7, 11) is -3.53. The van der Waals surface area contributed by atoms with Gasteiger partial charge in [0.25, 0.3) is 5.91 Å². The van der Waals surface area contributed by atoms with Crippen LogP contribution in [0.2, 0.25) is 0 Å². The van der Waals surface area contributed by atoms with Crippen molar-refractivity contribution in [3.63, 3.8) is 0 Å². The van der Waals surface area contributed by atoms with Gasteiger partial charge in [0.15, 0.2) is 15.5 Å². The van der Waals surface area contributed by atoms with Gasteiger partial charge in [-0.3, -0.25) is 4.79 Å². The highest BCUT2D eigenvalue weighted by atomic mass is 32.2. The van der Waals surface area contributed by atoms with Gasteiger partial charge in [-0.05, 0) is 59.9 Å². The van der Waals surface area contributed by atoms with Crippen LogP contribution < -0.4 is 16.4 Å². The highest BCUT2D eigenvalue weighted by molar-refractivity contribution is 7.90. The van der Waals surface area contributed by atoms with E-state index in [4.69, 9.17) is 5.73 Å². The van der Waals surface area contributed by atoms with Crippen LogP contribution in [0.3, 0.4) is 0 Å². The van der Waals surface area contributed by atoms with Gasteiger partial charge in [0, 0.05) is 30.6 Å². The molecule has 4 aromatic rings. The first kappa shape index (κ1) is 28.5. The first-order valence-corrected chi connectivity index (χ1v) is 14.8. The molecule has 0 saturated heterocycles. The Kier molecular flexibility index (Phi) is 7.73. The number of amides is 1. The van der Waals surface area contributed by atoms with E-state index >= 15 is 0 Å². The van der Waals surface area contributed by atoms with Crippen molar-refractivity contribution in [2.24, 2.45) is 5.73 Å². The lowest BCUT2D eigenvalue weighted by atomic mass is 9.98. The van der Waals surface area contributed by atoms with Crippen molar-refractivity contribution in [1.29, 1.82) is 0 Å². The quantitative estimate of drug-likeness (QED) is 0.259. The topological polar surface area (TPSA) is 119 Å². The van der Waals surface area contributed by atoms with E-state index in [9.17, 15) is 26.4 Å². The number of nitrogens with two attached hydrogens (primary N) is 1. The van der Waals surface area contributed by atoms with E-state index in [0.717, 1.165) is 23.8 Å². The number of alkyl halides is 3. The fraction of sp³-hybridized carbons (Fsp3) is 0.241. The van der Waals surface area contributed by atoms with Gasteiger partial charge in [-0.2, -0.15) is 18.3 Å². The van der Waals surface area contributed by atoms with E-state index in [1.54, 1.807) is 66.7 Å². The molecule has 1 atom stereocenters. The average Bonchev–Trinajstić information content (AvgIpc) is 3.64. The molecule has 5 rings (SSSR count). The van der Waals surface area contributed by atoms with Gasteiger partial charge < -0.3 is 16.4 Å². The van der Waals surface area contributed by atoms with Crippen LogP contribution in [0.4, 0.5) is 18.9 Å². The predicted octanol–water partition coefficient (Wildman–Crippen LogP) is 4.85. The molecule has 41 heavy (non-hydrogen) atoms. The summed E-state index contributed by atoms with van der Waals surface area (Å²) in [6.07, 6.45) is -1.71. The molecule has 12 heteroatoms. The van der Waals surface area contributed by atoms with Crippen LogP contribution in [0.1, 0.15) is 51.8 Å². The molecule has 1 fully saturated rings. The summed E-state index contributed by atoms with van der Waals surface area (Å²) in [6.45, 7) is 0.161. The van der Waals surface area contributed by atoms with Gasteiger partial charge in [0.05, 0.1) is 16.6 Å². The molecule has 1 aliphatic rings. The number of aromatic nitrogens is 2. The second kappa shape index (κ2) is 11.1. The lowest BCUT2D eigenvalue weighted by molar-refractivity contribution is -0.141. The molecule has 1 saturated carbocycles. The van der Waals surface area contributed by atoms with Crippen LogP contribution in [0, 0.1) is 0 Å². The molecule has 1 heterocycles. The van der Waals surface area contributed by atoms with Crippen LogP contribution >= 0.6 is 0 Å². The molecule has 4 N–H and O–H groups in total. The van der Waals surface area contributed by atoms with E-state index in [-0.39, 0.29) is 28.9 Å². The molecular weight excluding hydrogens is 555 g/mol. The Morgan fingerprint density at radius 1 is 1.05 bits per heavy atom. The SMILES string of the molecule is CS(=O)(=O)c1ccccc1C(NC1CC1)c1cccc(NC(=O)c2cc(C(F)(F)F)nn2-c2cccc(CN)c2)c1. The van der Waals surface area contributed by atoms with Crippen molar-refractivity contribution in [3.8, 4) is 5.69 Å². The van der Waals surface area contributed by atoms with Gasteiger partial charge in [-0.1, -0.05) is 42.5 Å². The summed E-state index contributed by atoms with van der Waals surface area (Å²) in [6, 6.07) is 20.4. The Balaban J connectivity index is 1.50. The number of halogens is 3. The first-order chi connectivity index (χ1) is 19.4. The normalized spacial score (nSPS) is 14.6. The third kappa shape index (κ3) is 6.50. The Labute approximate surface area is 235 Å². The van der Waals surface area contributed by atoms with Crippen molar-refractivity contribution >= 4 is 21.4 Å². The van der Waals surface area contributed by atoms with Crippen molar-refractivity contribution in [2.45, 2.75) is 42.5 Å². The number of carbonyl (C=O) groups excluding carboxylic acids is 1. The predicted molar refractivity (Wildman–Crippen MR) is 148 cm³/mol. The maximum absolute atomic E-state index is 13.6. The molecule has 0 aliphatic heterocycles. The summed E-state index contributed by atoms with van der Waals surface area (Å²) in [4.78, 5) is 13.6. The van der Waals surface area contributed by atoms with Crippen molar-refractivity contribution in [2.75, 3.05) is 11.6 Å². The highest BCUT2D eigenvalue weighted by Crippen LogP contribution is 2.34. The first-order valence-electron chi connectivity index (χ1n) is 12.9. The fourth-order valence-corrected chi connectivity index (χ4v) is 5.53. The third-order valence-corrected chi connectivity index (χ3v) is 7.88. The summed E-state index contributed by atoms with van der Waals surface area (Å²) in [5, 5.41) is 9.84. The Morgan fingerprint density at radius 2 is 1.78 bits per heavy atom. The van der Waals surface area contributed by atoms with E-state index in [2.05, 4.69) is 15.7 Å². The summed E-state index contributed by atoms with van der Waals surface area (Å²) < 4.78 is 66.8. The Hall–Kier alpha value is -4.00. The summed E-state index contributed by atoms with van der Waals surface area (Å²) >= 11 is 0. The molecule has 1 aliphatic carbocycles. The van der Waals surface area contributed by atoms with Gasteiger partial charge in [0.2, 0.25) is 0 Å². The average molecular weight is 584 g/mol. The third-order valence-electron chi connectivity index (χ3n) is 6.71. The smallest absolute Gasteiger partial charge is 0.326 e. The summed E-state index contributed by atoms with van der Waals surface area (Å²) in [5.41, 5.74) is 6.67. The number of sulfone groups is 1. The summed E-state index contributed by atoms with van der Waals surface area (Å²) in [5.74, 6) is -0.800. The van der Waals surface area contributed by atoms with Crippen LogP contribution in [0.5, 0.6) is 0 Å². The number of rotatable bonds is 9. The number of nitrogens with one attached hydrogen (secondary N) is 2. The number of benzene rings is 3. The van der Waals surface area contributed by atoms with E-state index < -0.39 is 33.7 Å². The maximum Gasteiger partial charge on any atom is 0.435 e. The zero-order valence-corrected chi connectivity index (χ0v) is 22.8. The van der Waals surface area contributed by atoms with Gasteiger partial charge in [0.1, 0.15) is 5.69 Å². The molecule has 214 valence electrons. The van der Waals surface area contributed by atoms with E-state index in [1.165, 1.54) is 6.07 Å². The minimum atomic E-state index is -4.76. The lowest BCUT2D eigenvalue weighted by Gasteiger charge is -2.22. The second-order valence-electron chi connectivity index (χ2n) is 9.96. The molecule has 1 amide bonds. The largest absolute Gasteiger partial charge is 0.435 e. The molecular formula is C29H28F3N5O3S. The number of hydrogen-bond donors (Lipinski definition) is 3. The van der Waals surface area contributed by atoms with Crippen molar-refractivity contribution in [1.82, 2.24) is 15.1 Å². The van der Waals surface area contributed by atoms with Crippen LogP contribution in [-0.2, 0) is 22.6 Å².